The number of carbonyl (C=O) groups excluding carboxylic acids is 1. The number of rotatable bonds is 4. The summed E-state index contributed by atoms with van der Waals surface area (Å²) in [7, 11) is 0. The van der Waals surface area contributed by atoms with Gasteiger partial charge in [0.2, 0.25) is 11.8 Å². The first kappa shape index (κ1) is 22.5. The first-order valence-corrected chi connectivity index (χ1v) is 9.44. The lowest BCUT2D eigenvalue weighted by Crippen LogP contribution is -2.48. The molecule has 1 amide bonds. The van der Waals surface area contributed by atoms with E-state index in [0.29, 0.717) is 23.5 Å². The highest BCUT2D eigenvalue weighted by atomic mass is 35.5. The molecule has 2 aliphatic rings. The maximum atomic E-state index is 12.7. The molecule has 2 saturated carbocycles. The predicted molar refractivity (Wildman–Crippen MR) is 115 cm³/mol. The summed E-state index contributed by atoms with van der Waals surface area (Å²) in [4.78, 5) is 16.8. The SMILES string of the molecule is Cl.Cl.NC1C2CCCC1CC(C(=O)Nc1ccc(Oc3ccccn3)cc1)C2. The average molecular weight is 424 g/mol. The van der Waals surface area contributed by atoms with Crippen molar-refractivity contribution in [1.29, 1.82) is 0 Å². The van der Waals surface area contributed by atoms with E-state index in [0.717, 1.165) is 18.5 Å². The number of ether oxygens (including phenoxy) is 1. The molecule has 2 aromatic rings. The third-order valence-corrected chi connectivity index (χ3v) is 5.77. The molecule has 0 saturated heterocycles. The summed E-state index contributed by atoms with van der Waals surface area (Å²) in [6, 6.07) is 13.2. The first-order chi connectivity index (χ1) is 12.7. The maximum Gasteiger partial charge on any atom is 0.227 e. The molecule has 2 bridgehead atoms. The lowest BCUT2D eigenvalue weighted by Gasteiger charge is -2.43. The fourth-order valence-corrected chi connectivity index (χ4v) is 4.38. The Balaban J connectivity index is 0.00000140. The van der Waals surface area contributed by atoms with Crippen LogP contribution in [0.4, 0.5) is 5.69 Å². The molecule has 2 unspecified atom stereocenters. The normalized spacial score (nSPS) is 25.6. The number of fused-ring (bicyclic) bond motifs is 2. The number of amides is 1. The van der Waals surface area contributed by atoms with Gasteiger partial charge in [0.25, 0.3) is 0 Å². The number of nitrogens with one attached hydrogen (secondary N) is 1. The van der Waals surface area contributed by atoms with Crippen LogP contribution in [0, 0.1) is 17.8 Å². The second kappa shape index (κ2) is 10.1. The van der Waals surface area contributed by atoms with Gasteiger partial charge in [0.15, 0.2) is 0 Å². The predicted octanol–water partition coefficient (Wildman–Crippen LogP) is 4.81. The Morgan fingerprint density at radius 1 is 1.04 bits per heavy atom. The molecule has 1 heterocycles. The number of anilines is 1. The van der Waals surface area contributed by atoms with Crippen LogP contribution in [-0.2, 0) is 4.79 Å². The van der Waals surface area contributed by atoms with Gasteiger partial charge in [-0.3, -0.25) is 4.79 Å². The van der Waals surface area contributed by atoms with E-state index in [2.05, 4.69) is 10.3 Å². The van der Waals surface area contributed by atoms with Gasteiger partial charge in [0.1, 0.15) is 5.75 Å². The van der Waals surface area contributed by atoms with Gasteiger partial charge in [-0.05, 0) is 67.9 Å². The van der Waals surface area contributed by atoms with E-state index in [9.17, 15) is 4.79 Å². The van der Waals surface area contributed by atoms with Crippen molar-refractivity contribution in [1.82, 2.24) is 4.98 Å². The van der Waals surface area contributed by atoms with Crippen molar-refractivity contribution in [3.05, 3.63) is 48.7 Å². The Morgan fingerprint density at radius 3 is 2.32 bits per heavy atom. The second-order valence-electron chi connectivity index (χ2n) is 7.48. The summed E-state index contributed by atoms with van der Waals surface area (Å²) in [6.07, 6.45) is 7.13. The number of benzene rings is 1. The Labute approximate surface area is 178 Å². The number of nitrogens with zero attached hydrogens (tertiary/aromatic N) is 1. The maximum absolute atomic E-state index is 12.7. The van der Waals surface area contributed by atoms with Crippen LogP contribution in [0.1, 0.15) is 32.1 Å². The Hall–Kier alpha value is -1.82. The highest BCUT2D eigenvalue weighted by molar-refractivity contribution is 5.92. The van der Waals surface area contributed by atoms with Gasteiger partial charge in [-0.25, -0.2) is 4.98 Å². The Kier molecular flexibility index (Phi) is 8.10. The number of halogens is 2. The van der Waals surface area contributed by atoms with Crippen LogP contribution in [0.25, 0.3) is 0 Å². The molecule has 0 aliphatic heterocycles. The topological polar surface area (TPSA) is 77.2 Å². The van der Waals surface area contributed by atoms with Crippen LogP contribution < -0.4 is 15.8 Å². The molecule has 2 fully saturated rings. The summed E-state index contributed by atoms with van der Waals surface area (Å²) in [5.41, 5.74) is 7.12. The smallest absolute Gasteiger partial charge is 0.227 e. The minimum atomic E-state index is 0. The van der Waals surface area contributed by atoms with E-state index in [1.807, 2.05) is 36.4 Å². The quantitative estimate of drug-likeness (QED) is 0.739. The van der Waals surface area contributed by atoms with Crippen molar-refractivity contribution in [2.24, 2.45) is 23.5 Å². The van der Waals surface area contributed by atoms with Gasteiger partial charge < -0.3 is 15.8 Å². The van der Waals surface area contributed by atoms with Crippen molar-refractivity contribution < 1.29 is 9.53 Å². The van der Waals surface area contributed by atoms with E-state index in [1.54, 1.807) is 12.3 Å². The van der Waals surface area contributed by atoms with Crippen LogP contribution in [0.3, 0.4) is 0 Å². The lowest BCUT2D eigenvalue weighted by molar-refractivity contribution is -0.122. The highest BCUT2D eigenvalue weighted by Gasteiger charge is 2.40. The zero-order valence-electron chi connectivity index (χ0n) is 15.6. The molecule has 4 rings (SSSR count). The number of carbonyl (C=O) groups is 1. The molecule has 0 radical (unpaired) electrons. The molecular formula is C21H27Cl2N3O2. The third-order valence-electron chi connectivity index (χ3n) is 5.77. The molecule has 2 atom stereocenters. The van der Waals surface area contributed by atoms with Gasteiger partial charge in [-0.1, -0.05) is 12.5 Å². The minimum Gasteiger partial charge on any atom is -0.439 e. The van der Waals surface area contributed by atoms with Gasteiger partial charge >= 0.3 is 0 Å². The minimum absolute atomic E-state index is 0. The van der Waals surface area contributed by atoms with Gasteiger partial charge in [-0.2, -0.15) is 0 Å². The van der Waals surface area contributed by atoms with E-state index in [-0.39, 0.29) is 42.7 Å². The molecule has 3 N–H and O–H groups in total. The van der Waals surface area contributed by atoms with E-state index >= 15 is 0 Å². The molecule has 152 valence electrons. The van der Waals surface area contributed by atoms with Crippen LogP contribution >= 0.6 is 24.8 Å². The molecule has 5 nitrogen and oxygen atoms in total. The van der Waals surface area contributed by atoms with Crippen molar-refractivity contribution in [3.63, 3.8) is 0 Å². The Bertz CT molecular complexity index is 744. The summed E-state index contributed by atoms with van der Waals surface area (Å²) < 4.78 is 5.68. The van der Waals surface area contributed by atoms with Crippen molar-refractivity contribution in [3.8, 4) is 11.6 Å². The van der Waals surface area contributed by atoms with Crippen LogP contribution in [0.5, 0.6) is 11.6 Å². The van der Waals surface area contributed by atoms with Gasteiger partial charge in [-0.15, -0.1) is 24.8 Å². The summed E-state index contributed by atoms with van der Waals surface area (Å²) in [5.74, 6) is 2.45. The van der Waals surface area contributed by atoms with E-state index < -0.39 is 0 Å². The first-order valence-electron chi connectivity index (χ1n) is 9.44. The van der Waals surface area contributed by atoms with E-state index in [4.69, 9.17) is 10.5 Å². The second-order valence-corrected chi connectivity index (χ2v) is 7.48. The van der Waals surface area contributed by atoms with Crippen LogP contribution in [0.15, 0.2) is 48.7 Å². The van der Waals surface area contributed by atoms with Gasteiger partial charge in [0.05, 0.1) is 0 Å². The highest BCUT2D eigenvalue weighted by Crippen LogP contribution is 2.42. The molecule has 7 heteroatoms. The molecule has 1 aromatic carbocycles. The molecular weight excluding hydrogens is 397 g/mol. The number of hydrogen-bond acceptors (Lipinski definition) is 4. The zero-order valence-corrected chi connectivity index (χ0v) is 17.3. The monoisotopic (exact) mass is 423 g/mol. The largest absolute Gasteiger partial charge is 0.439 e. The molecule has 2 aliphatic carbocycles. The third kappa shape index (κ3) is 5.16. The standard InChI is InChI=1S/C21H25N3O2.2ClH/c22-20-14-4-3-5-15(20)13-16(12-14)21(25)24-17-7-9-18(10-8-17)26-19-6-1-2-11-23-19;;/h1-2,6-11,14-16,20H,3-5,12-13,22H2,(H,24,25);2*1H. The summed E-state index contributed by atoms with van der Waals surface area (Å²) in [6.45, 7) is 0. The molecule has 28 heavy (non-hydrogen) atoms. The van der Waals surface area contributed by atoms with Crippen LogP contribution in [0.2, 0.25) is 0 Å². The number of aromatic nitrogens is 1. The Morgan fingerprint density at radius 2 is 1.71 bits per heavy atom. The van der Waals surface area contributed by atoms with Crippen molar-refractivity contribution in [2.75, 3.05) is 5.32 Å². The van der Waals surface area contributed by atoms with Gasteiger partial charge in [0, 0.05) is 29.9 Å². The average Bonchev–Trinajstić information content (AvgIpc) is 2.64. The molecule has 1 aromatic heterocycles. The van der Waals surface area contributed by atoms with E-state index in [1.165, 1.54) is 19.3 Å². The summed E-state index contributed by atoms with van der Waals surface area (Å²) >= 11 is 0. The lowest BCUT2D eigenvalue weighted by atomic mass is 9.65. The van der Waals surface area contributed by atoms with Crippen LogP contribution in [-0.4, -0.2) is 16.9 Å². The zero-order chi connectivity index (χ0) is 17.9. The fraction of sp³-hybridized carbons (Fsp3) is 0.429. The number of nitrogens with two attached hydrogens (primary N) is 1. The summed E-state index contributed by atoms with van der Waals surface area (Å²) in [5, 5.41) is 3.06. The fourth-order valence-electron chi connectivity index (χ4n) is 4.38. The number of pyridine rings is 1. The number of hydrogen-bond donors (Lipinski definition) is 2. The molecule has 0 spiro atoms. The van der Waals surface area contributed by atoms with Crippen molar-refractivity contribution in [2.45, 2.75) is 38.1 Å². The van der Waals surface area contributed by atoms with Crippen molar-refractivity contribution >= 4 is 36.4 Å².